The number of hydrogen-bond donors (Lipinski definition) is 2. The Morgan fingerprint density at radius 3 is 2.89 bits per heavy atom. The number of nitrogen functional groups attached to an aromatic ring is 1. The summed E-state index contributed by atoms with van der Waals surface area (Å²) >= 11 is 7.88. The lowest BCUT2D eigenvalue weighted by Gasteiger charge is -2.26. The highest BCUT2D eigenvalue weighted by atomic mass is 35.5. The third-order valence-corrected chi connectivity index (χ3v) is 4.39. The maximum Gasteiger partial charge on any atom is 0.253 e. The van der Waals surface area contributed by atoms with Gasteiger partial charge in [-0.25, -0.2) is 0 Å². The van der Waals surface area contributed by atoms with Crippen LogP contribution in [-0.4, -0.2) is 48.5 Å². The van der Waals surface area contributed by atoms with Crippen molar-refractivity contribution in [2.45, 2.75) is 0 Å². The Bertz CT molecular complexity index is 450. The van der Waals surface area contributed by atoms with E-state index in [1.807, 2.05) is 11.8 Å². The lowest BCUT2D eigenvalue weighted by Crippen LogP contribution is -2.39. The summed E-state index contributed by atoms with van der Waals surface area (Å²) in [5, 5.41) is 3.31. The molecule has 0 spiro atoms. The maximum atomic E-state index is 12.0. The summed E-state index contributed by atoms with van der Waals surface area (Å²) in [5.41, 5.74) is 6.58. The van der Waals surface area contributed by atoms with Crippen molar-refractivity contribution in [3.8, 4) is 0 Å². The number of amides is 1. The first-order valence-corrected chi connectivity index (χ1v) is 7.84. The van der Waals surface area contributed by atoms with Crippen molar-refractivity contribution >= 4 is 35.0 Å². The summed E-state index contributed by atoms with van der Waals surface area (Å²) in [4.78, 5) is 14.3. The Balaban J connectivity index is 1.82. The molecular weight excluding hydrogens is 282 g/mol. The molecule has 1 aromatic rings. The first kappa shape index (κ1) is 14.5. The van der Waals surface area contributed by atoms with E-state index in [1.54, 1.807) is 18.2 Å². The van der Waals surface area contributed by atoms with Gasteiger partial charge >= 0.3 is 0 Å². The number of para-hydroxylation sites is 1. The van der Waals surface area contributed by atoms with Crippen molar-refractivity contribution in [1.29, 1.82) is 0 Å². The molecule has 1 amide bonds. The van der Waals surface area contributed by atoms with E-state index in [1.165, 1.54) is 11.5 Å². The summed E-state index contributed by atoms with van der Waals surface area (Å²) in [6, 6.07) is 5.10. The molecule has 19 heavy (non-hydrogen) atoms. The lowest BCUT2D eigenvalue weighted by molar-refractivity contribution is 0.0950. The molecular formula is C13H18ClN3OS. The van der Waals surface area contributed by atoms with Gasteiger partial charge in [-0.3, -0.25) is 9.69 Å². The van der Waals surface area contributed by atoms with E-state index in [2.05, 4.69) is 10.2 Å². The minimum absolute atomic E-state index is 0.161. The van der Waals surface area contributed by atoms with Gasteiger partial charge in [0.1, 0.15) is 0 Å². The fraction of sp³-hybridized carbons (Fsp3) is 0.462. The molecule has 104 valence electrons. The molecule has 6 heteroatoms. The van der Waals surface area contributed by atoms with Crippen LogP contribution in [0.15, 0.2) is 18.2 Å². The quantitative estimate of drug-likeness (QED) is 0.831. The van der Waals surface area contributed by atoms with Gasteiger partial charge in [0.2, 0.25) is 0 Å². The molecule has 0 aliphatic carbocycles. The third-order valence-electron chi connectivity index (χ3n) is 3.11. The number of benzene rings is 1. The minimum Gasteiger partial charge on any atom is -0.397 e. The van der Waals surface area contributed by atoms with Crippen LogP contribution in [-0.2, 0) is 0 Å². The van der Waals surface area contributed by atoms with Crippen LogP contribution in [0, 0.1) is 0 Å². The van der Waals surface area contributed by atoms with Crippen molar-refractivity contribution in [3.63, 3.8) is 0 Å². The molecule has 1 heterocycles. The number of carbonyl (C=O) groups excluding carboxylic acids is 1. The van der Waals surface area contributed by atoms with Gasteiger partial charge in [0.05, 0.1) is 16.3 Å². The van der Waals surface area contributed by atoms with Crippen LogP contribution in [0.5, 0.6) is 0 Å². The standard InChI is InChI=1S/C13H18ClN3OS/c14-11-3-1-2-10(12(11)15)13(18)16-4-5-17-6-8-19-9-7-17/h1-3H,4-9,15H2,(H,16,18). The summed E-state index contributed by atoms with van der Waals surface area (Å²) in [6.45, 7) is 3.71. The molecule has 4 nitrogen and oxygen atoms in total. The Labute approximate surface area is 122 Å². The Hall–Kier alpha value is -0.910. The van der Waals surface area contributed by atoms with E-state index in [9.17, 15) is 4.79 Å². The van der Waals surface area contributed by atoms with Gasteiger partial charge in [0.15, 0.2) is 0 Å². The van der Waals surface area contributed by atoms with Gasteiger partial charge in [-0.15, -0.1) is 0 Å². The Kier molecular flexibility index (Phi) is 5.36. The zero-order valence-corrected chi connectivity index (χ0v) is 12.3. The van der Waals surface area contributed by atoms with Crippen molar-refractivity contribution in [3.05, 3.63) is 28.8 Å². The first-order valence-electron chi connectivity index (χ1n) is 6.31. The van der Waals surface area contributed by atoms with Crippen LogP contribution in [0.25, 0.3) is 0 Å². The second kappa shape index (κ2) is 7.03. The van der Waals surface area contributed by atoms with E-state index in [0.717, 1.165) is 19.6 Å². The topological polar surface area (TPSA) is 58.4 Å². The number of thioether (sulfide) groups is 1. The van der Waals surface area contributed by atoms with E-state index in [4.69, 9.17) is 17.3 Å². The fourth-order valence-electron chi connectivity index (χ4n) is 1.98. The van der Waals surface area contributed by atoms with Gasteiger partial charge in [-0.2, -0.15) is 11.8 Å². The normalized spacial score (nSPS) is 16.3. The summed E-state index contributed by atoms with van der Waals surface area (Å²) in [6.07, 6.45) is 0. The number of anilines is 1. The van der Waals surface area contributed by atoms with E-state index >= 15 is 0 Å². The van der Waals surface area contributed by atoms with E-state index in [0.29, 0.717) is 22.8 Å². The van der Waals surface area contributed by atoms with Crippen molar-refractivity contribution in [2.24, 2.45) is 0 Å². The van der Waals surface area contributed by atoms with Crippen molar-refractivity contribution < 1.29 is 4.79 Å². The highest BCUT2D eigenvalue weighted by molar-refractivity contribution is 7.99. The smallest absolute Gasteiger partial charge is 0.253 e. The molecule has 0 saturated carbocycles. The van der Waals surface area contributed by atoms with Crippen LogP contribution in [0.2, 0.25) is 5.02 Å². The Morgan fingerprint density at radius 2 is 2.16 bits per heavy atom. The second-order valence-corrected chi connectivity index (χ2v) is 6.04. The van der Waals surface area contributed by atoms with E-state index in [-0.39, 0.29) is 5.91 Å². The highest BCUT2D eigenvalue weighted by Gasteiger charge is 2.13. The summed E-state index contributed by atoms with van der Waals surface area (Å²) in [7, 11) is 0. The minimum atomic E-state index is -0.161. The highest BCUT2D eigenvalue weighted by Crippen LogP contribution is 2.22. The SMILES string of the molecule is Nc1c(Cl)cccc1C(=O)NCCN1CCSCC1. The average molecular weight is 300 g/mol. The van der Waals surface area contributed by atoms with Crippen LogP contribution in [0.4, 0.5) is 5.69 Å². The maximum absolute atomic E-state index is 12.0. The number of rotatable bonds is 4. The van der Waals surface area contributed by atoms with Crippen LogP contribution < -0.4 is 11.1 Å². The fourth-order valence-corrected chi connectivity index (χ4v) is 3.14. The molecule has 0 aromatic heterocycles. The number of halogens is 1. The molecule has 1 fully saturated rings. The first-order chi connectivity index (χ1) is 9.18. The summed E-state index contributed by atoms with van der Waals surface area (Å²) in [5.74, 6) is 2.19. The average Bonchev–Trinajstić information content (AvgIpc) is 2.43. The predicted molar refractivity (Wildman–Crippen MR) is 82.0 cm³/mol. The number of nitrogens with zero attached hydrogens (tertiary/aromatic N) is 1. The molecule has 1 aliphatic heterocycles. The molecule has 0 atom stereocenters. The molecule has 0 unspecified atom stereocenters. The van der Waals surface area contributed by atoms with Gasteiger partial charge in [0, 0.05) is 37.7 Å². The largest absolute Gasteiger partial charge is 0.397 e. The number of hydrogen-bond acceptors (Lipinski definition) is 4. The van der Waals surface area contributed by atoms with Crippen molar-refractivity contribution in [2.75, 3.05) is 43.4 Å². The lowest BCUT2D eigenvalue weighted by atomic mass is 10.1. The Morgan fingerprint density at radius 1 is 1.42 bits per heavy atom. The van der Waals surface area contributed by atoms with Gasteiger partial charge in [-0.05, 0) is 12.1 Å². The molecule has 1 saturated heterocycles. The molecule has 3 N–H and O–H groups in total. The van der Waals surface area contributed by atoms with E-state index < -0.39 is 0 Å². The molecule has 0 radical (unpaired) electrons. The molecule has 1 aliphatic rings. The number of carbonyl (C=O) groups is 1. The van der Waals surface area contributed by atoms with Crippen LogP contribution in [0.1, 0.15) is 10.4 Å². The summed E-state index contributed by atoms with van der Waals surface area (Å²) < 4.78 is 0. The van der Waals surface area contributed by atoms with Gasteiger partial charge in [-0.1, -0.05) is 17.7 Å². The molecule has 2 rings (SSSR count). The predicted octanol–water partition coefficient (Wildman–Crippen LogP) is 1.70. The monoisotopic (exact) mass is 299 g/mol. The van der Waals surface area contributed by atoms with Crippen LogP contribution >= 0.6 is 23.4 Å². The van der Waals surface area contributed by atoms with Gasteiger partial charge < -0.3 is 11.1 Å². The number of nitrogens with two attached hydrogens (primary N) is 1. The molecule has 0 bridgehead atoms. The van der Waals surface area contributed by atoms with Crippen LogP contribution in [0.3, 0.4) is 0 Å². The third kappa shape index (κ3) is 4.03. The van der Waals surface area contributed by atoms with Gasteiger partial charge in [0.25, 0.3) is 5.91 Å². The molecule has 1 aromatic carbocycles. The zero-order chi connectivity index (χ0) is 13.7. The van der Waals surface area contributed by atoms with Crippen molar-refractivity contribution in [1.82, 2.24) is 10.2 Å². The number of nitrogens with one attached hydrogen (secondary N) is 1. The zero-order valence-electron chi connectivity index (χ0n) is 10.7. The second-order valence-electron chi connectivity index (χ2n) is 4.41.